The summed E-state index contributed by atoms with van der Waals surface area (Å²) in [6.45, 7) is 1.85. The zero-order valence-corrected chi connectivity index (χ0v) is 14.2. The van der Waals surface area contributed by atoms with Gasteiger partial charge in [0.05, 0.1) is 17.0 Å². The third-order valence-corrected chi connectivity index (χ3v) is 4.02. The molecule has 1 aromatic heterocycles. The second-order valence-corrected chi connectivity index (χ2v) is 6.01. The van der Waals surface area contributed by atoms with E-state index >= 15 is 0 Å². The lowest BCUT2D eigenvalue weighted by atomic mass is 9.99. The van der Waals surface area contributed by atoms with E-state index in [1.807, 2.05) is 30.3 Å². The van der Waals surface area contributed by atoms with E-state index in [-0.39, 0.29) is 17.9 Å². The SMILES string of the molecule is CC1CC=C(NC(=O)c2ccc(COc3ccccc3)nc2)C(F)=C1F. The molecule has 0 saturated heterocycles. The summed E-state index contributed by atoms with van der Waals surface area (Å²) in [6.07, 6.45) is 3.20. The Kier molecular flexibility index (Phi) is 5.41. The second kappa shape index (κ2) is 7.91. The second-order valence-electron chi connectivity index (χ2n) is 6.01. The predicted molar refractivity (Wildman–Crippen MR) is 93.6 cm³/mol. The number of nitrogens with one attached hydrogen (secondary N) is 1. The molecule has 1 aliphatic rings. The molecule has 1 aliphatic carbocycles. The Hall–Kier alpha value is -3.02. The van der Waals surface area contributed by atoms with Crippen molar-refractivity contribution in [2.45, 2.75) is 20.0 Å². The molecule has 6 heteroatoms. The van der Waals surface area contributed by atoms with Gasteiger partial charge in [0.1, 0.15) is 18.2 Å². The molecule has 26 heavy (non-hydrogen) atoms. The Morgan fingerprint density at radius 1 is 1.23 bits per heavy atom. The van der Waals surface area contributed by atoms with Gasteiger partial charge in [-0.1, -0.05) is 31.2 Å². The van der Waals surface area contributed by atoms with Gasteiger partial charge in [0.15, 0.2) is 5.83 Å². The van der Waals surface area contributed by atoms with Gasteiger partial charge in [-0.25, -0.2) is 8.78 Å². The molecular weight excluding hydrogens is 338 g/mol. The molecule has 0 spiro atoms. The molecule has 2 aromatic rings. The lowest BCUT2D eigenvalue weighted by Gasteiger charge is -2.17. The smallest absolute Gasteiger partial charge is 0.257 e. The van der Waals surface area contributed by atoms with E-state index in [1.165, 1.54) is 12.3 Å². The number of ether oxygens (including phenoxy) is 1. The van der Waals surface area contributed by atoms with Gasteiger partial charge >= 0.3 is 0 Å². The fraction of sp³-hybridized carbons (Fsp3) is 0.200. The fourth-order valence-electron chi connectivity index (χ4n) is 2.45. The van der Waals surface area contributed by atoms with Crippen LogP contribution in [0, 0.1) is 5.92 Å². The molecule has 0 bridgehead atoms. The molecule has 3 rings (SSSR count). The summed E-state index contributed by atoms with van der Waals surface area (Å²) < 4.78 is 33.1. The summed E-state index contributed by atoms with van der Waals surface area (Å²) in [6, 6.07) is 12.5. The predicted octanol–water partition coefficient (Wildman–Crippen LogP) is 4.46. The van der Waals surface area contributed by atoms with Crippen molar-refractivity contribution in [3.8, 4) is 5.75 Å². The number of allylic oxidation sites excluding steroid dienone is 3. The van der Waals surface area contributed by atoms with Gasteiger partial charge in [-0.2, -0.15) is 0 Å². The number of pyridine rings is 1. The molecule has 1 atom stereocenters. The van der Waals surface area contributed by atoms with Gasteiger partial charge in [0.2, 0.25) is 0 Å². The number of rotatable bonds is 5. The molecule has 134 valence electrons. The first-order chi connectivity index (χ1) is 12.5. The number of para-hydroxylation sites is 1. The van der Waals surface area contributed by atoms with Crippen LogP contribution in [-0.2, 0) is 6.61 Å². The highest BCUT2D eigenvalue weighted by atomic mass is 19.2. The maximum Gasteiger partial charge on any atom is 0.257 e. The van der Waals surface area contributed by atoms with E-state index < -0.39 is 23.5 Å². The van der Waals surface area contributed by atoms with Gasteiger partial charge in [-0.3, -0.25) is 9.78 Å². The number of halogens is 2. The largest absolute Gasteiger partial charge is 0.487 e. The van der Waals surface area contributed by atoms with E-state index in [4.69, 9.17) is 4.74 Å². The van der Waals surface area contributed by atoms with Crippen molar-refractivity contribution < 1.29 is 18.3 Å². The first-order valence-electron chi connectivity index (χ1n) is 8.24. The van der Waals surface area contributed by atoms with Gasteiger partial charge in [-0.05, 0) is 30.7 Å². The van der Waals surface area contributed by atoms with Crippen molar-refractivity contribution in [1.29, 1.82) is 0 Å². The zero-order valence-electron chi connectivity index (χ0n) is 14.2. The molecule has 0 saturated carbocycles. The normalized spacial score (nSPS) is 16.9. The summed E-state index contributed by atoms with van der Waals surface area (Å²) >= 11 is 0. The van der Waals surface area contributed by atoms with Gasteiger partial charge < -0.3 is 10.1 Å². The average molecular weight is 356 g/mol. The number of carbonyl (C=O) groups excluding carboxylic acids is 1. The molecule has 1 amide bonds. The van der Waals surface area contributed by atoms with Gasteiger partial charge in [-0.15, -0.1) is 0 Å². The molecule has 0 radical (unpaired) electrons. The van der Waals surface area contributed by atoms with Crippen LogP contribution in [0.2, 0.25) is 0 Å². The fourth-order valence-corrected chi connectivity index (χ4v) is 2.45. The zero-order chi connectivity index (χ0) is 18.5. The molecule has 1 unspecified atom stereocenters. The lowest BCUT2D eigenvalue weighted by molar-refractivity contribution is 0.0964. The van der Waals surface area contributed by atoms with Crippen molar-refractivity contribution in [1.82, 2.24) is 10.3 Å². The molecular formula is C20H18F2N2O2. The maximum atomic E-state index is 13.9. The molecule has 1 N–H and O–H groups in total. The highest BCUT2D eigenvalue weighted by Gasteiger charge is 2.23. The number of benzene rings is 1. The molecule has 4 nitrogen and oxygen atoms in total. The van der Waals surface area contributed by atoms with Crippen molar-refractivity contribution in [3.05, 3.63) is 83.3 Å². The van der Waals surface area contributed by atoms with Crippen LogP contribution in [0.15, 0.2) is 72.1 Å². The topological polar surface area (TPSA) is 51.2 Å². The number of hydrogen-bond acceptors (Lipinski definition) is 3. The number of carbonyl (C=O) groups is 1. The summed E-state index contributed by atoms with van der Waals surface area (Å²) in [5.74, 6) is -2.19. The summed E-state index contributed by atoms with van der Waals surface area (Å²) in [4.78, 5) is 16.4. The molecule has 1 aromatic carbocycles. The third kappa shape index (κ3) is 4.14. The quantitative estimate of drug-likeness (QED) is 0.860. The minimum absolute atomic E-state index is 0.137. The van der Waals surface area contributed by atoms with Crippen LogP contribution >= 0.6 is 0 Å². The van der Waals surface area contributed by atoms with Crippen LogP contribution in [0.3, 0.4) is 0 Å². The van der Waals surface area contributed by atoms with Crippen LogP contribution < -0.4 is 10.1 Å². The van der Waals surface area contributed by atoms with E-state index in [0.29, 0.717) is 12.1 Å². The molecule has 0 fully saturated rings. The van der Waals surface area contributed by atoms with Crippen molar-refractivity contribution in [2.75, 3.05) is 0 Å². The van der Waals surface area contributed by atoms with Crippen LogP contribution in [-0.4, -0.2) is 10.9 Å². The van der Waals surface area contributed by atoms with Crippen LogP contribution in [0.4, 0.5) is 8.78 Å². The van der Waals surface area contributed by atoms with Gasteiger partial charge in [0.25, 0.3) is 5.91 Å². The number of hydrogen-bond donors (Lipinski definition) is 1. The van der Waals surface area contributed by atoms with E-state index in [2.05, 4.69) is 10.3 Å². The molecule has 1 heterocycles. The van der Waals surface area contributed by atoms with Crippen LogP contribution in [0.25, 0.3) is 0 Å². The Morgan fingerprint density at radius 2 is 2.00 bits per heavy atom. The lowest BCUT2D eigenvalue weighted by Crippen LogP contribution is -2.25. The highest BCUT2D eigenvalue weighted by Crippen LogP contribution is 2.30. The van der Waals surface area contributed by atoms with Crippen LogP contribution in [0.1, 0.15) is 29.4 Å². The van der Waals surface area contributed by atoms with Crippen molar-refractivity contribution in [2.24, 2.45) is 5.92 Å². The Balaban J connectivity index is 1.61. The number of aromatic nitrogens is 1. The number of nitrogens with zero attached hydrogens (tertiary/aromatic N) is 1. The first kappa shape index (κ1) is 17.8. The average Bonchev–Trinajstić information content (AvgIpc) is 2.68. The Bertz CT molecular complexity index is 846. The third-order valence-electron chi connectivity index (χ3n) is 4.02. The van der Waals surface area contributed by atoms with E-state index in [0.717, 1.165) is 5.75 Å². The van der Waals surface area contributed by atoms with E-state index in [1.54, 1.807) is 19.1 Å². The molecule has 0 aliphatic heterocycles. The summed E-state index contributed by atoms with van der Waals surface area (Å²) in [5.41, 5.74) is 0.761. The first-order valence-corrected chi connectivity index (χ1v) is 8.24. The Morgan fingerprint density at radius 3 is 2.69 bits per heavy atom. The standard InChI is InChI=1S/C20H18F2N2O2/c1-13-7-10-17(19(22)18(13)21)24-20(25)14-8-9-15(23-11-14)12-26-16-5-3-2-4-6-16/h2-6,8-11,13H,7,12H2,1H3,(H,24,25). The summed E-state index contributed by atoms with van der Waals surface area (Å²) in [5, 5.41) is 2.39. The Labute approximate surface area is 150 Å². The minimum atomic E-state index is -1.02. The summed E-state index contributed by atoms with van der Waals surface area (Å²) in [7, 11) is 0. The van der Waals surface area contributed by atoms with Crippen LogP contribution in [0.5, 0.6) is 5.75 Å². The monoisotopic (exact) mass is 356 g/mol. The van der Waals surface area contributed by atoms with Crippen molar-refractivity contribution >= 4 is 5.91 Å². The number of amides is 1. The maximum absolute atomic E-state index is 13.9. The van der Waals surface area contributed by atoms with Gasteiger partial charge in [0, 0.05) is 12.1 Å². The highest BCUT2D eigenvalue weighted by molar-refractivity contribution is 5.95. The van der Waals surface area contributed by atoms with E-state index in [9.17, 15) is 13.6 Å². The minimum Gasteiger partial charge on any atom is -0.487 e. The van der Waals surface area contributed by atoms with Crippen molar-refractivity contribution in [3.63, 3.8) is 0 Å².